The van der Waals surface area contributed by atoms with Crippen molar-refractivity contribution in [3.63, 3.8) is 0 Å². The van der Waals surface area contributed by atoms with Crippen LogP contribution in [0.2, 0.25) is 0 Å². The first-order valence-corrected chi connectivity index (χ1v) is 9.48. The second kappa shape index (κ2) is 8.77. The Bertz CT molecular complexity index is 1040. The number of nitrogens with one attached hydrogen (secondary N) is 2. The molecule has 1 amide bonds. The number of carbonyl (C=O) groups is 2. The topological polar surface area (TPSA) is 113 Å². The molecule has 0 saturated carbocycles. The first-order valence-electron chi connectivity index (χ1n) is 9.48. The molecule has 0 saturated heterocycles. The molecule has 2 heterocycles. The first kappa shape index (κ1) is 21.0. The summed E-state index contributed by atoms with van der Waals surface area (Å²) in [5, 5.41) is 17.0. The Morgan fingerprint density at radius 2 is 1.83 bits per heavy atom. The van der Waals surface area contributed by atoms with Crippen LogP contribution in [0.4, 0.5) is 16.3 Å². The van der Waals surface area contributed by atoms with Crippen LogP contribution >= 0.6 is 0 Å². The molecule has 3 aromatic rings. The molecule has 0 aliphatic carbocycles. The van der Waals surface area contributed by atoms with Gasteiger partial charge in [-0.25, -0.2) is 9.78 Å². The van der Waals surface area contributed by atoms with Crippen LogP contribution in [0.15, 0.2) is 55.0 Å². The number of benzene rings is 1. The van der Waals surface area contributed by atoms with Gasteiger partial charge in [-0.15, -0.1) is 0 Å². The number of carbonyl (C=O) groups excluding carboxylic acids is 1. The Morgan fingerprint density at radius 1 is 1.10 bits per heavy atom. The Balaban J connectivity index is 1.77. The van der Waals surface area contributed by atoms with Crippen molar-refractivity contribution in [3.05, 3.63) is 60.6 Å². The van der Waals surface area contributed by atoms with Gasteiger partial charge < -0.3 is 20.5 Å². The van der Waals surface area contributed by atoms with E-state index in [1.807, 2.05) is 24.3 Å². The highest BCUT2D eigenvalue weighted by Gasteiger charge is 2.22. The van der Waals surface area contributed by atoms with E-state index < -0.39 is 23.7 Å². The van der Waals surface area contributed by atoms with Crippen molar-refractivity contribution >= 4 is 34.3 Å². The highest BCUT2D eigenvalue weighted by atomic mass is 16.6. The van der Waals surface area contributed by atoms with Crippen LogP contribution in [0.25, 0.3) is 10.8 Å². The number of hydrogen-bond donors (Lipinski definition) is 3. The molecule has 3 N–H and O–H groups in total. The molecule has 0 fully saturated rings. The third kappa shape index (κ3) is 5.66. The number of hydrogen-bond acceptors (Lipinski definition) is 6. The molecular weight excluding hydrogens is 384 g/mol. The summed E-state index contributed by atoms with van der Waals surface area (Å²) in [4.78, 5) is 31.9. The lowest BCUT2D eigenvalue weighted by Crippen LogP contribution is -2.35. The summed E-state index contributed by atoms with van der Waals surface area (Å²) in [6, 6.07) is 10.2. The predicted molar refractivity (Wildman–Crippen MR) is 114 cm³/mol. The Labute approximate surface area is 174 Å². The van der Waals surface area contributed by atoms with Gasteiger partial charge in [0.15, 0.2) is 0 Å². The summed E-state index contributed by atoms with van der Waals surface area (Å²) in [5.41, 5.74) is 0.762. The van der Waals surface area contributed by atoms with E-state index in [0.717, 1.165) is 16.5 Å². The lowest BCUT2D eigenvalue weighted by molar-refractivity contribution is -0.137. The summed E-state index contributed by atoms with van der Waals surface area (Å²) >= 11 is 0. The fraction of sp³-hybridized carbons (Fsp3) is 0.273. The van der Waals surface area contributed by atoms with E-state index in [1.165, 1.54) is 0 Å². The number of carboxylic acids is 1. The molecule has 1 aromatic carbocycles. The smallest absolute Gasteiger partial charge is 0.408 e. The minimum atomic E-state index is -1.02. The fourth-order valence-corrected chi connectivity index (χ4v) is 2.93. The van der Waals surface area contributed by atoms with Crippen LogP contribution in [-0.4, -0.2) is 32.7 Å². The van der Waals surface area contributed by atoms with Crippen molar-refractivity contribution in [1.29, 1.82) is 0 Å². The number of ether oxygens (including phenoxy) is 1. The van der Waals surface area contributed by atoms with Gasteiger partial charge in [-0.1, -0.05) is 12.1 Å². The fourth-order valence-electron chi connectivity index (χ4n) is 2.93. The van der Waals surface area contributed by atoms with Crippen molar-refractivity contribution in [2.24, 2.45) is 0 Å². The molecule has 0 aliphatic rings. The standard InChI is InChI=1S/C22H24N4O4/c1-22(2,3)30-21(29)26-18(12-19(27)28)14-4-6-16(7-5-14)25-20-17-9-10-23-13-15(17)8-11-24-20/h4-11,13,18H,12H2,1-3H3,(H,24,25)(H,26,29)(H,27,28). The summed E-state index contributed by atoms with van der Waals surface area (Å²) < 4.78 is 5.25. The van der Waals surface area contributed by atoms with Gasteiger partial charge in [-0.3, -0.25) is 9.78 Å². The summed E-state index contributed by atoms with van der Waals surface area (Å²) in [6.07, 6.45) is 4.25. The van der Waals surface area contributed by atoms with Gasteiger partial charge in [-0.2, -0.15) is 0 Å². The van der Waals surface area contributed by atoms with Gasteiger partial charge in [0.05, 0.1) is 12.5 Å². The van der Waals surface area contributed by atoms with Gasteiger partial charge in [0.1, 0.15) is 11.4 Å². The van der Waals surface area contributed by atoms with Crippen molar-refractivity contribution in [2.75, 3.05) is 5.32 Å². The molecule has 0 aliphatic heterocycles. The average molecular weight is 408 g/mol. The van der Waals surface area contributed by atoms with Crippen LogP contribution in [0, 0.1) is 0 Å². The minimum Gasteiger partial charge on any atom is -0.481 e. The van der Waals surface area contributed by atoms with Crippen LogP contribution in [0.3, 0.4) is 0 Å². The lowest BCUT2D eigenvalue weighted by Gasteiger charge is -2.23. The van der Waals surface area contributed by atoms with Gasteiger partial charge in [0, 0.05) is 35.1 Å². The molecule has 30 heavy (non-hydrogen) atoms. The number of pyridine rings is 2. The molecule has 2 aromatic heterocycles. The van der Waals surface area contributed by atoms with Crippen LogP contribution < -0.4 is 10.6 Å². The maximum Gasteiger partial charge on any atom is 0.408 e. The second-order valence-electron chi connectivity index (χ2n) is 7.80. The number of nitrogens with zero attached hydrogens (tertiary/aromatic N) is 2. The number of aliphatic carboxylic acids is 1. The van der Waals surface area contributed by atoms with E-state index in [2.05, 4.69) is 20.6 Å². The van der Waals surface area contributed by atoms with Crippen LogP contribution in [0.1, 0.15) is 38.8 Å². The molecule has 0 radical (unpaired) electrons. The Kier molecular flexibility index (Phi) is 6.15. The molecule has 8 heteroatoms. The van der Waals surface area contributed by atoms with Crippen LogP contribution in [-0.2, 0) is 9.53 Å². The van der Waals surface area contributed by atoms with Gasteiger partial charge in [0.25, 0.3) is 0 Å². The number of fused-ring (bicyclic) bond motifs is 1. The number of aromatic nitrogens is 2. The van der Waals surface area contributed by atoms with Gasteiger partial charge in [-0.05, 0) is 50.6 Å². The maximum absolute atomic E-state index is 12.1. The third-order valence-corrected chi connectivity index (χ3v) is 4.21. The molecule has 0 bridgehead atoms. The van der Waals surface area contributed by atoms with Crippen LogP contribution in [0.5, 0.6) is 0 Å². The SMILES string of the molecule is CC(C)(C)OC(=O)NC(CC(=O)O)c1ccc(Nc2nccc3cnccc23)cc1. The van der Waals surface area contributed by atoms with Crippen molar-refractivity contribution in [1.82, 2.24) is 15.3 Å². The van der Waals surface area contributed by atoms with Crippen molar-refractivity contribution in [3.8, 4) is 0 Å². The van der Waals surface area contributed by atoms with Gasteiger partial charge in [0.2, 0.25) is 0 Å². The Morgan fingerprint density at radius 3 is 2.50 bits per heavy atom. The molecule has 3 rings (SSSR count). The second-order valence-corrected chi connectivity index (χ2v) is 7.80. The predicted octanol–water partition coefficient (Wildman–Crippen LogP) is 4.41. The maximum atomic E-state index is 12.1. The molecular formula is C22H24N4O4. The normalized spacial score (nSPS) is 12.2. The molecule has 0 spiro atoms. The summed E-state index contributed by atoms with van der Waals surface area (Å²) in [6.45, 7) is 5.24. The number of carboxylic acid groups (broad SMARTS) is 1. The zero-order valence-electron chi connectivity index (χ0n) is 17.0. The highest BCUT2D eigenvalue weighted by molar-refractivity contribution is 5.92. The molecule has 8 nitrogen and oxygen atoms in total. The highest BCUT2D eigenvalue weighted by Crippen LogP contribution is 2.25. The number of anilines is 2. The average Bonchev–Trinajstić information content (AvgIpc) is 2.66. The minimum absolute atomic E-state index is 0.260. The number of alkyl carbamates (subject to hydrolysis) is 1. The van der Waals surface area contributed by atoms with Crippen molar-refractivity contribution < 1.29 is 19.4 Å². The zero-order chi connectivity index (χ0) is 21.7. The van der Waals surface area contributed by atoms with E-state index in [-0.39, 0.29) is 6.42 Å². The number of amides is 1. The van der Waals surface area contributed by atoms with E-state index in [1.54, 1.807) is 51.5 Å². The summed E-state index contributed by atoms with van der Waals surface area (Å²) in [5.74, 6) is -0.330. The molecule has 1 atom stereocenters. The third-order valence-electron chi connectivity index (χ3n) is 4.21. The van der Waals surface area contributed by atoms with Gasteiger partial charge >= 0.3 is 12.1 Å². The quantitative estimate of drug-likeness (QED) is 0.553. The summed E-state index contributed by atoms with van der Waals surface area (Å²) in [7, 11) is 0. The van der Waals surface area contributed by atoms with E-state index in [0.29, 0.717) is 11.4 Å². The van der Waals surface area contributed by atoms with E-state index in [9.17, 15) is 14.7 Å². The van der Waals surface area contributed by atoms with E-state index >= 15 is 0 Å². The van der Waals surface area contributed by atoms with E-state index in [4.69, 9.17) is 4.74 Å². The largest absolute Gasteiger partial charge is 0.481 e. The first-order chi connectivity index (χ1) is 14.2. The lowest BCUT2D eigenvalue weighted by atomic mass is 10.0. The number of rotatable bonds is 6. The molecule has 1 unspecified atom stereocenters. The zero-order valence-corrected chi connectivity index (χ0v) is 17.0. The van der Waals surface area contributed by atoms with Crippen molar-refractivity contribution in [2.45, 2.75) is 38.8 Å². The monoisotopic (exact) mass is 408 g/mol. The Hall–Kier alpha value is -3.68. The molecule has 156 valence electrons.